The number of oxazole rings is 1. The molecule has 37 heavy (non-hydrogen) atoms. The minimum atomic E-state index is -4.48. The van der Waals surface area contributed by atoms with E-state index in [1.807, 2.05) is 18.2 Å². The molecule has 1 heterocycles. The van der Waals surface area contributed by atoms with Crippen molar-refractivity contribution in [1.29, 1.82) is 0 Å². The smallest absolute Gasteiger partial charge is 0.416 e. The topological polar surface area (TPSA) is 95.4 Å². The summed E-state index contributed by atoms with van der Waals surface area (Å²) in [7, 11) is -2.26. The van der Waals surface area contributed by atoms with Crippen LogP contribution in [-0.2, 0) is 16.2 Å². The van der Waals surface area contributed by atoms with Crippen molar-refractivity contribution in [3.8, 4) is 39.5 Å². The summed E-state index contributed by atoms with van der Waals surface area (Å²) in [6.07, 6.45) is -4.48. The van der Waals surface area contributed by atoms with Gasteiger partial charge in [-0.05, 0) is 71.3 Å². The molecule has 0 bridgehead atoms. The van der Waals surface area contributed by atoms with E-state index in [0.717, 1.165) is 34.4 Å². The minimum absolute atomic E-state index is 0.0124. The SMILES string of the molecule is COc1ccc(-c2ccc(S(N)(=O)=O)cc2)cc1-c1cccc(-c2nc3cc(C(F)(F)F)ccc3o2)c1. The monoisotopic (exact) mass is 524 g/mol. The lowest BCUT2D eigenvalue weighted by Crippen LogP contribution is -2.11. The molecule has 0 spiro atoms. The lowest BCUT2D eigenvalue weighted by molar-refractivity contribution is -0.137. The second-order valence-electron chi connectivity index (χ2n) is 8.26. The van der Waals surface area contributed by atoms with Crippen LogP contribution in [0.2, 0.25) is 0 Å². The van der Waals surface area contributed by atoms with Gasteiger partial charge in [0.1, 0.15) is 11.3 Å². The van der Waals surface area contributed by atoms with Gasteiger partial charge in [-0.25, -0.2) is 18.5 Å². The maximum absolute atomic E-state index is 13.1. The van der Waals surface area contributed by atoms with E-state index in [2.05, 4.69) is 4.98 Å². The Bertz CT molecular complexity index is 1730. The van der Waals surface area contributed by atoms with E-state index in [9.17, 15) is 21.6 Å². The number of rotatable bonds is 5. The number of halogens is 3. The Labute approximate surface area is 210 Å². The quantitative estimate of drug-likeness (QED) is 0.283. The average molecular weight is 525 g/mol. The highest BCUT2D eigenvalue weighted by molar-refractivity contribution is 7.89. The van der Waals surface area contributed by atoms with Crippen LogP contribution in [0.5, 0.6) is 5.75 Å². The fourth-order valence-electron chi connectivity index (χ4n) is 4.00. The lowest BCUT2D eigenvalue weighted by Gasteiger charge is -2.12. The second-order valence-corrected chi connectivity index (χ2v) is 9.83. The van der Waals surface area contributed by atoms with E-state index in [1.165, 1.54) is 18.2 Å². The summed E-state index contributed by atoms with van der Waals surface area (Å²) < 4.78 is 73.7. The van der Waals surface area contributed by atoms with Crippen LogP contribution in [0, 0.1) is 0 Å². The molecule has 0 radical (unpaired) electrons. The van der Waals surface area contributed by atoms with Gasteiger partial charge < -0.3 is 9.15 Å². The molecule has 2 N–H and O–H groups in total. The van der Waals surface area contributed by atoms with Crippen molar-refractivity contribution in [2.24, 2.45) is 5.14 Å². The Morgan fingerprint density at radius 3 is 2.22 bits per heavy atom. The molecule has 10 heteroatoms. The Hall–Kier alpha value is -4.15. The zero-order valence-electron chi connectivity index (χ0n) is 19.3. The van der Waals surface area contributed by atoms with Crippen LogP contribution < -0.4 is 9.88 Å². The fourth-order valence-corrected chi connectivity index (χ4v) is 4.51. The molecule has 0 aliphatic heterocycles. The van der Waals surface area contributed by atoms with Crippen molar-refractivity contribution in [1.82, 2.24) is 4.98 Å². The van der Waals surface area contributed by atoms with Gasteiger partial charge in [0.15, 0.2) is 5.58 Å². The number of nitrogens with zero attached hydrogens (tertiary/aromatic N) is 1. The summed E-state index contributed by atoms with van der Waals surface area (Å²) in [6.45, 7) is 0. The van der Waals surface area contributed by atoms with E-state index < -0.39 is 21.8 Å². The molecule has 0 aliphatic carbocycles. The lowest BCUT2D eigenvalue weighted by atomic mass is 9.97. The van der Waals surface area contributed by atoms with E-state index in [1.54, 1.807) is 43.5 Å². The number of hydrogen-bond acceptors (Lipinski definition) is 5. The molecule has 6 nitrogen and oxygen atoms in total. The molecular formula is C27H19F3N2O4S. The number of hydrogen-bond donors (Lipinski definition) is 1. The molecule has 0 unspecified atom stereocenters. The Morgan fingerprint density at radius 2 is 1.54 bits per heavy atom. The first-order valence-corrected chi connectivity index (χ1v) is 12.5. The summed E-state index contributed by atoms with van der Waals surface area (Å²) in [5.74, 6) is 0.777. The minimum Gasteiger partial charge on any atom is -0.496 e. The maximum atomic E-state index is 13.1. The van der Waals surface area contributed by atoms with E-state index in [4.69, 9.17) is 14.3 Å². The van der Waals surface area contributed by atoms with Gasteiger partial charge in [0.25, 0.3) is 0 Å². The fraction of sp³-hybridized carbons (Fsp3) is 0.0741. The summed E-state index contributed by atoms with van der Waals surface area (Å²) in [5.41, 5.74) is 3.21. The number of aromatic nitrogens is 1. The van der Waals surface area contributed by atoms with Crippen molar-refractivity contribution in [3.05, 3.63) is 90.5 Å². The molecule has 1 aromatic heterocycles. The summed E-state index contributed by atoms with van der Waals surface area (Å²) >= 11 is 0. The van der Waals surface area contributed by atoms with Gasteiger partial charge in [-0.3, -0.25) is 0 Å². The number of methoxy groups -OCH3 is 1. The van der Waals surface area contributed by atoms with Gasteiger partial charge in [0.05, 0.1) is 17.6 Å². The Balaban J connectivity index is 1.54. The maximum Gasteiger partial charge on any atom is 0.416 e. The van der Waals surface area contributed by atoms with Crippen LogP contribution in [0.3, 0.4) is 0 Å². The zero-order chi connectivity index (χ0) is 26.4. The number of primary sulfonamides is 1. The van der Waals surface area contributed by atoms with Crippen molar-refractivity contribution in [2.45, 2.75) is 11.1 Å². The predicted octanol–water partition coefficient (Wildman–Crippen LogP) is 6.50. The first-order chi connectivity index (χ1) is 17.5. The van der Waals surface area contributed by atoms with Crippen molar-refractivity contribution in [3.63, 3.8) is 0 Å². The van der Waals surface area contributed by atoms with Crippen molar-refractivity contribution < 1.29 is 30.7 Å². The van der Waals surface area contributed by atoms with Gasteiger partial charge in [0, 0.05) is 11.1 Å². The van der Waals surface area contributed by atoms with Crippen LogP contribution in [0.4, 0.5) is 13.2 Å². The van der Waals surface area contributed by atoms with Crippen molar-refractivity contribution >= 4 is 21.1 Å². The first kappa shape index (κ1) is 24.5. The van der Waals surface area contributed by atoms with Crippen LogP contribution in [0.25, 0.3) is 44.8 Å². The van der Waals surface area contributed by atoms with E-state index in [0.29, 0.717) is 11.3 Å². The Kier molecular flexibility index (Phi) is 6.01. The Morgan fingerprint density at radius 1 is 0.838 bits per heavy atom. The van der Waals surface area contributed by atoms with Gasteiger partial charge in [-0.2, -0.15) is 13.2 Å². The van der Waals surface area contributed by atoms with E-state index in [-0.39, 0.29) is 21.9 Å². The highest BCUT2D eigenvalue weighted by Gasteiger charge is 2.31. The standard InChI is InChI=1S/C27H19F3N2O4S/c1-35-24-11-7-17(16-5-9-21(10-6-16)37(31,33)34)14-22(24)18-3-2-4-19(13-18)26-32-23-15-20(27(28,29)30)8-12-25(23)36-26/h2-15H,1H3,(H2,31,33,34). The molecule has 5 aromatic rings. The third-order valence-corrected chi connectivity index (χ3v) is 6.78. The number of alkyl halides is 3. The van der Waals surface area contributed by atoms with Gasteiger partial charge in [0.2, 0.25) is 15.9 Å². The highest BCUT2D eigenvalue weighted by Crippen LogP contribution is 2.37. The molecule has 5 rings (SSSR count). The molecule has 0 saturated heterocycles. The molecular weight excluding hydrogens is 505 g/mol. The summed E-state index contributed by atoms with van der Waals surface area (Å²) in [6, 6.07) is 22.1. The van der Waals surface area contributed by atoms with Crippen LogP contribution in [0.15, 0.2) is 94.2 Å². The second kappa shape index (κ2) is 9.06. The normalized spacial score (nSPS) is 12.1. The molecule has 188 valence electrons. The van der Waals surface area contributed by atoms with Crippen LogP contribution in [-0.4, -0.2) is 20.5 Å². The molecule has 4 aromatic carbocycles. The molecule has 0 fully saturated rings. The van der Waals surface area contributed by atoms with Gasteiger partial charge >= 0.3 is 6.18 Å². The molecule has 0 aliphatic rings. The van der Waals surface area contributed by atoms with Crippen LogP contribution in [0.1, 0.15) is 5.56 Å². The number of nitrogens with two attached hydrogens (primary N) is 1. The average Bonchev–Trinajstić information content (AvgIpc) is 3.31. The third kappa shape index (κ3) is 4.93. The number of fused-ring (bicyclic) bond motifs is 1. The van der Waals surface area contributed by atoms with Crippen molar-refractivity contribution in [2.75, 3.05) is 7.11 Å². The van der Waals surface area contributed by atoms with Crippen LogP contribution >= 0.6 is 0 Å². The summed E-state index contributed by atoms with van der Waals surface area (Å²) in [4.78, 5) is 4.28. The van der Waals surface area contributed by atoms with E-state index >= 15 is 0 Å². The number of ether oxygens (including phenoxy) is 1. The highest BCUT2D eigenvalue weighted by atomic mass is 32.2. The largest absolute Gasteiger partial charge is 0.496 e. The summed E-state index contributed by atoms with van der Waals surface area (Å²) in [5, 5.41) is 5.19. The van der Waals surface area contributed by atoms with Gasteiger partial charge in [-0.1, -0.05) is 30.3 Å². The van der Waals surface area contributed by atoms with Gasteiger partial charge in [-0.15, -0.1) is 0 Å². The number of benzene rings is 4. The molecule has 0 atom stereocenters. The zero-order valence-corrected chi connectivity index (χ0v) is 20.1. The number of sulfonamides is 1. The predicted molar refractivity (Wildman–Crippen MR) is 133 cm³/mol. The molecule has 0 amide bonds. The third-order valence-electron chi connectivity index (χ3n) is 5.85. The molecule has 0 saturated carbocycles. The first-order valence-electron chi connectivity index (χ1n) is 10.9.